The van der Waals surface area contributed by atoms with Crippen molar-refractivity contribution in [2.45, 2.75) is 26.7 Å². The molecule has 0 amide bonds. The molecule has 3 heteroatoms. The summed E-state index contributed by atoms with van der Waals surface area (Å²) in [5.41, 5.74) is 6.97. The molecular formula is C15H24N2S. The third kappa shape index (κ3) is 6.72. The highest BCUT2D eigenvalue weighted by Gasteiger charge is 2.07. The Kier molecular flexibility index (Phi) is 6.91. The summed E-state index contributed by atoms with van der Waals surface area (Å²) < 4.78 is 0. The first-order valence-electron chi connectivity index (χ1n) is 6.62. The van der Waals surface area contributed by atoms with Gasteiger partial charge in [-0.25, -0.2) is 0 Å². The predicted molar refractivity (Wildman–Crippen MR) is 82.8 cm³/mol. The number of nitrogens with two attached hydrogens (primary N) is 1. The van der Waals surface area contributed by atoms with Crippen LogP contribution in [0.25, 0.3) is 0 Å². The molecule has 0 radical (unpaired) electrons. The van der Waals surface area contributed by atoms with Crippen molar-refractivity contribution in [1.82, 2.24) is 4.90 Å². The molecule has 0 unspecified atom stereocenters. The molecule has 0 spiro atoms. The molecule has 0 saturated carbocycles. The first kappa shape index (κ1) is 15.1. The van der Waals surface area contributed by atoms with E-state index in [4.69, 9.17) is 18.0 Å². The van der Waals surface area contributed by atoms with Gasteiger partial charge >= 0.3 is 0 Å². The van der Waals surface area contributed by atoms with E-state index in [2.05, 4.69) is 49.1 Å². The first-order valence-corrected chi connectivity index (χ1v) is 7.03. The second-order valence-electron chi connectivity index (χ2n) is 5.15. The zero-order chi connectivity index (χ0) is 13.4. The fourth-order valence-corrected chi connectivity index (χ4v) is 2.10. The maximum Gasteiger partial charge on any atom is 0.0740 e. The van der Waals surface area contributed by atoms with E-state index in [9.17, 15) is 0 Å². The van der Waals surface area contributed by atoms with Gasteiger partial charge in [-0.3, -0.25) is 0 Å². The van der Waals surface area contributed by atoms with Gasteiger partial charge in [-0.2, -0.15) is 0 Å². The van der Waals surface area contributed by atoms with Crippen LogP contribution >= 0.6 is 12.2 Å². The Bertz CT molecular complexity index is 349. The fourth-order valence-electron chi connectivity index (χ4n) is 2.01. The molecule has 2 N–H and O–H groups in total. The van der Waals surface area contributed by atoms with Crippen LogP contribution in [-0.4, -0.2) is 29.5 Å². The van der Waals surface area contributed by atoms with Gasteiger partial charge in [0.05, 0.1) is 4.99 Å². The van der Waals surface area contributed by atoms with Gasteiger partial charge in [0, 0.05) is 26.1 Å². The minimum Gasteiger partial charge on any atom is -0.393 e. The van der Waals surface area contributed by atoms with Crippen LogP contribution in [-0.2, 0) is 6.42 Å². The minimum atomic E-state index is 0.614. The third-order valence-corrected chi connectivity index (χ3v) is 3.06. The van der Waals surface area contributed by atoms with Gasteiger partial charge in [-0.1, -0.05) is 56.4 Å². The maximum atomic E-state index is 5.58. The van der Waals surface area contributed by atoms with Crippen LogP contribution in [0.5, 0.6) is 0 Å². The third-order valence-electron chi connectivity index (χ3n) is 2.86. The molecular weight excluding hydrogens is 240 g/mol. The fraction of sp³-hybridized carbons (Fsp3) is 0.533. The van der Waals surface area contributed by atoms with Crippen LogP contribution in [0.1, 0.15) is 25.8 Å². The van der Waals surface area contributed by atoms with E-state index in [1.165, 1.54) is 5.56 Å². The Hall–Kier alpha value is -0.930. The average Bonchev–Trinajstić information content (AvgIpc) is 2.33. The Morgan fingerprint density at radius 2 is 1.89 bits per heavy atom. The molecule has 0 saturated heterocycles. The molecule has 0 aromatic heterocycles. The minimum absolute atomic E-state index is 0.614. The van der Waals surface area contributed by atoms with Crippen molar-refractivity contribution in [2.75, 3.05) is 19.6 Å². The van der Waals surface area contributed by atoms with E-state index in [0.717, 1.165) is 32.5 Å². The molecule has 18 heavy (non-hydrogen) atoms. The molecule has 1 aromatic rings. The highest BCUT2D eigenvalue weighted by molar-refractivity contribution is 7.80. The number of benzene rings is 1. The summed E-state index contributed by atoms with van der Waals surface area (Å²) in [6.07, 6.45) is 1.90. The van der Waals surface area contributed by atoms with Gasteiger partial charge in [-0.15, -0.1) is 0 Å². The Balaban J connectivity index is 2.42. The molecule has 0 atom stereocenters. The van der Waals surface area contributed by atoms with Gasteiger partial charge in [0.1, 0.15) is 0 Å². The Morgan fingerprint density at radius 1 is 1.22 bits per heavy atom. The monoisotopic (exact) mass is 264 g/mol. The van der Waals surface area contributed by atoms with Gasteiger partial charge in [0.15, 0.2) is 0 Å². The lowest BCUT2D eigenvalue weighted by Gasteiger charge is -2.24. The van der Waals surface area contributed by atoms with Crippen LogP contribution < -0.4 is 5.73 Å². The smallest absolute Gasteiger partial charge is 0.0740 e. The summed E-state index contributed by atoms with van der Waals surface area (Å²) in [7, 11) is 0. The topological polar surface area (TPSA) is 29.3 Å². The number of thiocarbonyl (C=S) groups is 1. The van der Waals surface area contributed by atoms with Crippen molar-refractivity contribution in [1.29, 1.82) is 0 Å². The Morgan fingerprint density at radius 3 is 2.44 bits per heavy atom. The zero-order valence-corrected chi connectivity index (χ0v) is 12.2. The summed E-state index contributed by atoms with van der Waals surface area (Å²) in [6.45, 7) is 7.65. The summed E-state index contributed by atoms with van der Waals surface area (Å²) in [6, 6.07) is 10.6. The van der Waals surface area contributed by atoms with Gasteiger partial charge < -0.3 is 10.6 Å². The predicted octanol–water partition coefficient (Wildman–Crippen LogP) is 2.86. The van der Waals surface area contributed by atoms with Crippen molar-refractivity contribution in [3.63, 3.8) is 0 Å². The van der Waals surface area contributed by atoms with E-state index < -0.39 is 0 Å². The maximum absolute atomic E-state index is 5.58. The first-order chi connectivity index (χ1) is 8.58. The van der Waals surface area contributed by atoms with Crippen molar-refractivity contribution >= 4 is 17.2 Å². The molecule has 0 fully saturated rings. The number of hydrogen-bond acceptors (Lipinski definition) is 2. The lowest BCUT2D eigenvalue weighted by molar-refractivity contribution is 0.254. The molecule has 0 heterocycles. The van der Waals surface area contributed by atoms with Crippen molar-refractivity contribution in [3.8, 4) is 0 Å². The molecule has 100 valence electrons. The van der Waals surface area contributed by atoms with Crippen LogP contribution in [0.2, 0.25) is 0 Å². The van der Waals surface area contributed by atoms with E-state index in [1.807, 2.05) is 0 Å². The summed E-state index contributed by atoms with van der Waals surface area (Å²) >= 11 is 4.96. The molecule has 0 aliphatic heterocycles. The SMILES string of the molecule is CC(C)CN(CCC(N)=S)CCc1ccccc1. The lowest BCUT2D eigenvalue weighted by Crippen LogP contribution is -2.32. The lowest BCUT2D eigenvalue weighted by atomic mass is 10.1. The zero-order valence-electron chi connectivity index (χ0n) is 11.4. The number of hydrogen-bond donors (Lipinski definition) is 1. The second kappa shape index (κ2) is 8.22. The molecule has 0 aliphatic carbocycles. The van der Waals surface area contributed by atoms with Crippen LogP contribution in [0.4, 0.5) is 0 Å². The van der Waals surface area contributed by atoms with Crippen LogP contribution in [0, 0.1) is 5.92 Å². The van der Waals surface area contributed by atoms with Crippen molar-refractivity contribution in [3.05, 3.63) is 35.9 Å². The normalized spacial score (nSPS) is 11.1. The average molecular weight is 264 g/mol. The number of nitrogens with zero attached hydrogens (tertiary/aromatic N) is 1. The van der Waals surface area contributed by atoms with E-state index in [-0.39, 0.29) is 0 Å². The van der Waals surface area contributed by atoms with Crippen molar-refractivity contribution < 1.29 is 0 Å². The van der Waals surface area contributed by atoms with Crippen LogP contribution in [0.15, 0.2) is 30.3 Å². The molecule has 1 aromatic carbocycles. The van der Waals surface area contributed by atoms with Crippen molar-refractivity contribution in [2.24, 2.45) is 11.7 Å². The van der Waals surface area contributed by atoms with Gasteiger partial charge in [-0.05, 0) is 17.9 Å². The molecule has 1 rings (SSSR count). The molecule has 2 nitrogen and oxygen atoms in total. The number of rotatable bonds is 8. The molecule has 0 aliphatic rings. The molecule has 0 bridgehead atoms. The van der Waals surface area contributed by atoms with E-state index >= 15 is 0 Å². The largest absolute Gasteiger partial charge is 0.393 e. The highest BCUT2D eigenvalue weighted by Crippen LogP contribution is 2.05. The highest BCUT2D eigenvalue weighted by atomic mass is 32.1. The second-order valence-corrected chi connectivity index (χ2v) is 5.67. The van der Waals surface area contributed by atoms with Crippen LogP contribution in [0.3, 0.4) is 0 Å². The Labute approximate surface area is 116 Å². The summed E-state index contributed by atoms with van der Waals surface area (Å²) in [5.74, 6) is 0.673. The standard InChI is InChI=1S/C15H24N2S/c1-13(2)12-17(11-9-15(16)18)10-8-14-6-4-3-5-7-14/h3-7,13H,8-12H2,1-2H3,(H2,16,18). The van der Waals surface area contributed by atoms with E-state index in [1.54, 1.807) is 0 Å². The quantitative estimate of drug-likeness (QED) is 0.732. The van der Waals surface area contributed by atoms with Gasteiger partial charge in [0.2, 0.25) is 0 Å². The summed E-state index contributed by atoms with van der Waals surface area (Å²) in [4.78, 5) is 3.07. The summed E-state index contributed by atoms with van der Waals surface area (Å²) in [5, 5.41) is 0. The van der Waals surface area contributed by atoms with Gasteiger partial charge in [0.25, 0.3) is 0 Å². The van der Waals surface area contributed by atoms with E-state index in [0.29, 0.717) is 10.9 Å².